The van der Waals surface area contributed by atoms with Crippen LogP contribution in [0.25, 0.3) is 11.3 Å². The predicted molar refractivity (Wildman–Crippen MR) is 59.4 cm³/mol. The van der Waals surface area contributed by atoms with E-state index in [2.05, 4.69) is 5.10 Å². The van der Waals surface area contributed by atoms with Crippen LogP contribution in [0, 0.1) is 0 Å². The van der Waals surface area contributed by atoms with E-state index in [-0.39, 0.29) is 0 Å². The average molecular weight is 214 g/mol. The Kier molecular flexibility index (Phi) is 1.93. The monoisotopic (exact) mass is 214 g/mol. The van der Waals surface area contributed by atoms with E-state index in [1.54, 1.807) is 7.11 Å². The van der Waals surface area contributed by atoms with Crippen molar-refractivity contribution in [1.29, 1.82) is 0 Å². The molecular formula is C12H12N3O+. The Labute approximate surface area is 92.7 Å². The van der Waals surface area contributed by atoms with Gasteiger partial charge in [0.1, 0.15) is 11.9 Å². The van der Waals surface area contributed by atoms with Gasteiger partial charge in [-0.1, -0.05) is 4.63 Å². The van der Waals surface area contributed by atoms with Gasteiger partial charge < -0.3 is 4.74 Å². The van der Waals surface area contributed by atoms with Crippen molar-refractivity contribution in [2.24, 2.45) is 0 Å². The maximum Gasteiger partial charge on any atom is 0.193 e. The van der Waals surface area contributed by atoms with Gasteiger partial charge in [-0.25, -0.2) is 0 Å². The highest BCUT2D eigenvalue weighted by Gasteiger charge is 2.08. The molecule has 0 radical (unpaired) electrons. The van der Waals surface area contributed by atoms with E-state index in [0.29, 0.717) is 0 Å². The lowest BCUT2D eigenvalue weighted by Gasteiger charge is -1.98. The number of nitrogens with one attached hydrogen (secondary N) is 1. The number of aromatic nitrogens is 3. The van der Waals surface area contributed by atoms with Crippen LogP contribution in [0.15, 0.2) is 48.9 Å². The number of ether oxygens (including phenoxy) is 1. The molecule has 16 heavy (non-hydrogen) atoms. The Morgan fingerprint density at radius 2 is 2.06 bits per heavy atom. The Morgan fingerprint density at radius 1 is 1.25 bits per heavy atom. The summed E-state index contributed by atoms with van der Waals surface area (Å²) < 4.78 is 9.03. The molecule has 4 heteroatoms. The highest BCUT2D eigenvalue weighted by atomic mass is 16.5. The van der Waals surface area contributed by atoms with Crippen molar-refractivity contribution in [2.45, 2.75) is 0 Å². The summed E-state index contributed by atoms with van der Waals surface area (Å²) in [6.45, 7) is 0. The zero-order chi connectivity index (χ0) is 11.0. The fraction of sp³-hybridized carbons (Fsp3) is 0.0833. The van der Waals surface area contributed by atoms with Crippen molar-refractivity contribution in [3.63, 3.8) is 0 Å². The van der Waals surface area contributed by atoms with Crippen molar-refractivity contribution in [3.8, 4) is 17.0 Å². The maximum atomic E-state index is 5.13. The highest BCUT2D eigenvalue weighted by Crippen LogP contribution is 2.19. The lowest BCUT2D eigenvalue weighted by Crippen LogP contribution is -2.22. The third-order valence-electron chi connectivity index (χ3n) is 2.61. The largest absolute Gasteiger partial charge is 0.497 e. The van der Waals surface area contributed by atoms with Crippen LogP contribution in [0.4, 0.5) is 0 Å². The lowest BCUT2D eigenvalue weighted by atomic mass is 10.2. The van der Waals surface area contributed by atoms with Gasteiger partial charge in [-0.15, -0.1) is 4.52 Å². The smallest absolute Gasteiger partial charge is 0.193 e. The van der Waals surface area contributed by atoms with Crippen LogP contribution in [0.5, 0.6) is 5.75 Å². The Morgan fingerprint density at radius 3 is 2.75 bits per heavy atom. The third-order valence-corrected chi connectivity index (χ3v) is 2.61. The summed E-state index contributed by atoms with van der Waals surface area (Å²) in [5.74, 6) is 0.870. The van der Waals surface area contributed by atoms with Crippen LogP contribution in [0.3, 0.4) is 0 Å². The number of rotatable bonds is 2. The predicted octanol–water partition coefficient (Wildman–Crippen LogP) is 1.53. The van der Waals surface area contributed by atoms with E-state index in [1.165, 1.54) is 0 Å². The van der Waals surface area contributed by atoms with Crippen molar-refractivity contribution in [3.05, 3.63) is 48.9 Å². The van der Waals surface area contributed by atoms with Gasteiger partial charge in [0.2, 0.25) is 0 Å². The Bertz CT molecular complexity index is 578. The van der Waals surface area contributed by atoms with E-state index >= 15 is 0 Å². The first-order valence-corrected chi connectivity index (χ1v) is 5.09. The number of benzene rings is 1. The number of hydrogen-bond acceptors (Lipinski definition) is 1. The second kappa shape index (κ2) is 3.41. The Balaban J connectivity index is 2.05. The molecule has 0 bridgehead atoms. The first kappa shape index (κ1) is 9.03. The van der Waals surface area contributed by atoms with Crippen molar-refractivity contribution in [1.82, 2.24) is 9.73 Å². The van der Waals surface area contributed by atoms with Gasteiger partial charge in [0.25, 0.3) is 0 Å². The minimum Gasteiger partial charge on any atom is -0.497 e. The minimum absolute atomic E-state index is 0.870. The molecule has 2 heterocycles. The average Bonchev–Trinajstić information content (AvgIpc) is 2.89. The molecule has 0 aliphatic carbocycles. The second-order valence-electron chi connectivity index (χ2n) is 3.60. The van der Waals surface area contributed by atoms with Crippen LogP contribution in [-0.2, 0) is 0 Å². The van der Waals surface area contributed by atoms with E-state index in [9.17, 15) is 0 Å². The molecule has 3 aromatic rings. The third kappa shape index (κ3) is 1.35. The fourth-order valence-corrected chi connectivity index (χ4v) is 1.75. The number of nitrogens with zero attached hydrogens (tertiary/aromatic N) is 2. The summed E-state index contributed by atoms with van der Waals surface area (Å²) in [5.41, 5.74) is 2.21. The van der Waals surface area contributed by atoms with Crippen LogP contribution < -0.4 is 9.25 Å². The number of aromatic amines is 1. The highest BCUT2D eigenvalue weighted by molar-refractivity contribution is 5.58. The molecule has 80 valence electrons. The van der Waals surface area contributed by atoms with Crippen LogP contribution in [-0.4, -0.2) is 16.8 Å². The molecule has 0 aliphatic rings. The molecule has 0 spiro atoms. The molecule has 0 unspecified atom stereocenters. The van der Waals surface area contributed by atoms with Crippen LogP contribution in [0.1, 0.15) is 0 Å². The molecular weight excluding hydrogens is 202 g/mol. The number of hydrogen-bond donors (Lipinski definition) is 1. The van der Waals surface area contributed by atoms with E-state index in [4.69, 9.17) is 4.74 Å². The molecule has 0 atom stereocenters. The first-order valence-electron chi connectivity index (χ1n) is 5.09. The molecule has 4 nitrogen and oxygen atoms in total. The summed E-state index contributed by atoms with van der Waals surface area (Å²) in [6.07, 6.45) is 6.00. The number of H-pyrrole nitrogens is 1. The molecule has 1 N–H and O–H groups in total. The molecule has 0 aliphatic heterocycles. The molecule has 2 aromatic heterocycles. The molecule has 0 saturated heterocycles. The lowest BCUT2D eigenvalue weighted by molar-refractivity contribution is -0.617. The molecule has 0 fully saturated rings. The fourth-order valence-electron chi connectivity index (χ4n) is 1.75. The zero-order valence-corrected chi connectivity index (χ0v) is 8.92. The van der Waals surface area contributed by atoms with Crippen LogP contribution in [0.2, 0.25) is 0 Å². The van der Waals surface area contributed by atoms with E-state index < -0.39 is 0 Å². The van der Waals surface area contributed by atoms with Gasteiger partial charge in [-0.3, -0.25) is 0 Å². The minimum atomic E-state index is 0.870. The Hall–Kier alpha value is -2.23. The maximum absolute atomic E-state index is 5.13. The first-order chi connectivity index (χ1) is 7.86. The van der Waals surface area contributed by atoms with Gasteiger partial charge in [-0.2, -0.15) is 5.10 Å². The summed E-state index contributed by atoms with van der Waals surface area (Å²) >= 11 is 0. The zero-order valence-electron chi connectivity index (χ0n) is 8.92. The van der Waals surface area contributed by atoms with Gasteiger partial charge in [0, 0.05) is 11.6 Å². The second-order valence-corrected chi connectivity index (χ2v) is 3.60. The normalized spacial score (nSPS) is 10.8. The summed E-state index contributed by atoms with van der Waals surface area (Å²) in [7, 11) is 1.67. The van der Waals surface area contributed by atoms with Crippen molar-refractivity contribution >= 4 is 0 Å². The number of fused-ring (bicyclic) bond motifs is 1. The molecule has 0 amide bonds. The van der Waals surface area contributed by atoms with Gasteiger partial charge >= 0.3 is 0 Å². The topological polar surface area (TPSA) is 33.5 Å². The SMILES string of the molecule is COc1ccc(-c2c[n+]3cccn3[nH]2)cc1. The van der Waals surface area contributed by atoms with Gasteiger partial charge in [0.05, 0.1) is 13.3 Å². The van der Waals surface area contributed by atoms with Crippen molar-refractivity contribution in [2.75, 3.05) is 7.11 Å². The van der Waals surface area contributed by atoms with E-state index in [0.717, 1.165) is 17.0 Å². The van der Waals surface area contributed by atoms with Crippen LogP contribution >= 0.6 is 0 Å². The summed E-state index contributed by atoms with van der Waals surface area (Å²) in [4.78, 5) is 0. The van der Waals surface area contributed by atoms with Gasteiger partial charge in [-0.05, 0) is 24.3 Å². The quantitative estimate of drug-likeness (QED) is 0.645. The van der Waals surface area contributed by atoms with Gasteiger partial charge in [0.15, 0.2) is 11.9 Å². The summed E-state index contributed by atoms with van der Waals surface area (Å²) in [5, 5.41) is 3.27. The molecule has 0 saturated carbocycles. The summed E-state index contributed by atoms with van der Waals surface area (Å²) in [6, 6.07) is 9.95. The van der Waals surface area contributed by atoms with Crippen molar-refractivity contribution < 1.29 is 9.25 Å². The number of methoxy groups -OCH3 is 1. The molecule has 3 rings (SSSR count). The van der Waals surface area contributed by atoms with E-state index in [1.807, 2.05) is 58.1 Å². The standard InChI is InChI=1S/C12H12N3O/c1-16-11-5-3-10(4-6-11)12-9-14-7-2-8-15(14)13-12/h2-9,13H,1H3/q+1. The molecule has 1 aromatic carbocycles.